The minimum atomic E-state index is -0.697. The maximum Gasteiger partial charge on any atom is 0.349 e. The molecule has 7 nitrogen and oxygen atoms in total. The third-order valence-electron chi connectivity index (χ3n) is 3.80. The third kappa shape index (κ3) is 4.14. The van der Waals surface area contributed by atoms with Crippen molar-refractivity contribution in [2.45, 2.75) is 6.92 Å². The molecule has 0 aliphatic rings. The molecule has 0 aliphatic heterocycles. The van der Waals surface area contributed by atoms with Gasteiger partial charge in [-0.15, -0.1) is 0 Å². The molecule has 0 saturated heterocycles. The molecule has 0 spiro atoms. The number of hydrogen-bond donors (Lipinski definition) is 0. The summed E-state index contributed by atoms with van der Waals surface area (Å²) in [6.45, 7) is 1.41. The van der Waals surface area contributed by atoms with Gasteiger partial charge in [-0.25, -0.2) is 14.4 Å². The van der Waals surface area contributed by atoms with Gasteiger partial charge in [0.25, 0.3) is 0 Å². The summed E-state index contributed by atoms with van der Waals surface area (Å²) in [5.74, 6) is -0.885. The number of ether oxygens (including phenoxy) is 3. The van der Waals surface area contributed by atoms with Crippen LogP contribution in [0.1, 0.15) is 15.9 Å². The molecule has 0 amide bonds. The average Bonchev–Trinajstić information content (AvgIpc) is 2.65. The van der Waals surface area contributed by atoms with Gasteiger partial charge in [0, 0.05) is 17.5 Å². The van der Waals surface area contributed by atoms with E-state index in [0.717, 1.165) is 10.9 Å². The van der Waals surface area contributed by atoms with Gasteiger partial charge in [-0.2, -0.15) is 0 Å². The Bertz CT molecular complexity index is 1070. The predicted molar refractivity (Wildman–Crippen MR) is 96.1 cm³/mol. The lowest BCUT2D eigenvalue weighted by atomic mass is 10.1. The van der Waals surface area contributed by atoms with Crippen LogP contribution in [0.4, 0.5) is 0 Å². The first-order valence-corrected chi connectivity index (χ1v) is 8.03. The molecule has 138 valence electrons. The van der Waals surface area contributed by atoms with Crippen LogP contribution in [0.2, 0.25) is 0 Å². The standard InChI is InChI=1S/C20H16O7/c1-12-9-18(21)27-17-10-13(7-8-14(12)17)25-11-19(22)26-16-6-4-3-5-15(16)20(23)24-2/h3-10H,11H2,1-2H3. The summed E-state index contributed by atoms with van der Waals surface area (Å²) in [4.78, 5) is 35.2. The van der Waals surface area contributed by atoms with Crippen LogP contribution in [0.5, 0.6) is 11.5 Å². The predicted octanol–water partition coefficient (Wildman–Crippen LogP) is 2.87. The van der Waals surface area contributed by atoms with Gasteiger partial charge in [-0.05, 0) is 36.8 Å². The Hall–Kier alpha value is -3.61. The SMILES string of the molecule is COC(=O)c1ccccc1OC(=O)COc1ccc2c(C)cc(=O)oc2c1. The van der Waals surface area contributed by atoms with Crippen LogP contribution in [-0.2, 0) is 9.53 Å². The molecule has 0 saturated carbocycles. The zero-order chi connectivity index (χ0) is 19.4. The van der Waals surface area contributed by atoms with Gasteiger partial charge >= 0.3 is 17.6 Å². The Morgan fingerprint density at radius 2 is 1.85 bits per heavy atom. The Labute approximate surface area is 154 Å². The fourth-order valence-corrected chi connectivity index (χ4v) is 2.52. The molecule has 27 heavy (non-hydrogen) atoms. The van der Waals surface area contributed by atoms with Crippen molar-refractivity contribution in [1.82, 2.24) is 0 Å². The number of fused-ring (bicyclic) bond motifs is 1. The Morgan fingerprint density at radius 1 is 1.07 bits per heavy atom. The Balaban J connectivity index is 1.70. The van der Waals surface area contributed by atoms with Crippen LogP contribution in [0, 0.1) is 6.92 Å². The molecule has 0 atom stereocenters. The highest BCUT2D eigenvalue weighted by atomic mass is 16.6. The number of methoxy groups -OCH3 is 1. The van der Waals surface area contributed by atoms with Crippen molar-refractivity contribution in [1.29, 1.82) is 0 Å². The second kappa shape index (κ2) is 7.74. The molecule has 7 heteroatoms. The van der Waals surface area contributed by atoms with Crippen LogP contribution < -0.4 is 15.1 Å². The molecule has 0 radical (unpaired) electrons. The fraction of sp³-hybridized carbons (Fsp3) is 0.150. The normalized spacial score (nSPS) is 10.4. The summed E-state index contributed by atoms with van der Waals surface area (Å²) >= 11 is 0. The van der Waals surface area contributed by atoms with E-state index < -0.39 is 24.2 Å². The first kappa shape index (κ1) is 18.2. The molecule has 1 heterocycles. The Morgan fingerprint density at radius 3 is 2.63 bits per heavy atom. The topological polar surface area (TPSA) is 92.0 Å². The summed E-state index contributed by atoms with van der Waals surface area (Å²) in [5, 5.41) is 0.775. The summed E-state index contributed by atoms with van der Waals surface area (Å²) in [6, 6.07) is 12.6. The molecule has 3 aromatic rings. The smallest absolute Gasteiger partial charge is 0.349 e. The van der Waals surface area contributed by atoms with E-state index in [9.17, 15) is 14.4 Å². The maximum atomic E-state index is 12.0. The number of carbonyl (C=O) groups is 2. The molecule has 0 aliphatic carbocycles. The van der Waals surface area contributed by atoms with Crippen LogP contribution in [0.3, 0.4) is 0 Å². The molecule has 0 bridgehead atoms. The maximum absolute atomic E-state index is 12.0. The number of para-hydroxylation sites is 1. The zero-order valence-corrected chi connectivity index (χ0v) is 14.7. The van der Waals surface area contributed by atoms with E-state index in [-0.39, 0.29) is 11.3 Å². The van der Waals surface area contributed by atoms with Gasteiger partial charge in [-0.1, -0.05) is 12.1 Å². The van der Waals surface area contributed by atoms with Gasteiger partial charge in [0.05, 0.1) is 7.11 Å². The second-order valence-corrected chi connectivity index (χ2v) is 5.66. The van der Waals surface area contributed by atoms with E-state index in [2.05, 4.69) is 4.74 Å². The van der Waals surface area contributed by atoms with Gasteiger partial charge < -0.3 is 18.6 Å². The summed E-state index contributed by atoms with van der Waals surface area (Å²) in [5.41, 5.74) is 0.820. The van der Waals surface area contributed by atoms with E-state index in [1.807, 2.05) is 0 Å². The summed E-state index contributed by atoms with van der Waals surface area (Å²) in [6.07, 6.45) is 0. The highest BCUT2D eigenvalue weighted by Crippen LogP contribution is 2.23. The van der Waals surface area contributed by atoms with Gasteiger partial charge in [0.1, 0.15) is 22.6 Å². The lowest BCUT2D eigenvalue weighted by Crippen LogP contribution is -2.19. The number of hydrogen-bond acceptors (Lipinski definition) is 7. The van der Waals surface area contributed by atoms with Crippen LogP contribution >= 0.6 is 0 Å². The monoisotopic (exact) mass is 368 g/mol. The number of rotatable bonds is 5. The van der Waals surface area contributed by atoms with Crippen LogP contribution in [-0.4, -0.2) is 25.7 Å². The molecule has 0 fully saturated rings. The zero-order valence-electron chi connectivity index (χ0n) is 14.7. The van der Waals surface area contributed by atoms with Crippen LogP contribution in [0.15, 0.2) is 57.7 Å². The molecule has 0 unspecified atom stereocenters. The van der Waals surface area contributed by atoms with Crippen molar-refractivity contribution in [2.24, 2.45) is 0 Å². The highest BCUT2D eigenvalue weighted by Gasteiger charge is 2.16. The van der Waals surface area contributed by atoms with Crippen molar-refractivity contribution >= 4 is 22.9 Å². The first-order valence-electron chi connectivity index (χ1n) is 8.03. The van der Waals surface area contributed by atoms with Crippen LogP contribution in [0.25, 0.3) is 11.0 Å². The molecule has 2 aromatic carbocycles. The van der Waals surface area contributed by atoms with Crippen molar-refractivity contribution < 1.29 is 28.2 Å². The highest BCUT2D eigenvalue weighted by molar-refractivity contribution is 5.93. The van der Waals surface area contributed by atoms with Crippen molar-refractivity contribution in [2.75, 3.05) is 13.7 Å². The lowest BCUT2D eigenvalue weighted by molar-refractivity contribution is -0.136. The number of aryl methyl sites for hydroxylation is 1. The van der Waals surface area contributed by atoms with E-state index in [1.54, 1.807) is 31.2 Å². The number of carbonyl (C=O) groups excluding carboxylic acids is 2. The second-order valence-electron chi connectivity index (χ2n) is 5.66. The van der Waals surface area contributed by atoms with Crippen molar-refractivity contribution in [3.63, 3.8) is 0 Å². The van der Waals surface area contributed by atoms with E-state index in [0.29, 0.717) is 11.3 Å². The molecular formula is C20H16O7. The van der Waals surface area contributed by atoms with Gasteiger partial charge in [-0.3, -0.25) is 0 Å². The van der Waals surface area contributed by atoms with E-state index >= 15 is 0 Å². The molecule has 0 N–H and O–H groups in total. The largest absolute Gasteiger partial charge is 0.482 e. The summed E-state index contributed by atoms with van der Waals surface area (Å²) < 4.78 is 20.4. The third-order valence-corrected chi connectivity index (χ3v) is 3.80. The average molecular weight is 368 g/mol. The number of benzene rings is 2. The molecule has 1 aromatic heterocycles. The summed E-state index contributed by atoms with van der Waals surface area (Å²) in [7, 11) is 1.24. The van der Waals surface area contributed by atoms with E-state index in [1.165, 1.54) is 31.4 Å². The molecular weight excluding hydrogens is 352 g/mol. The van der Waals surface area contributed by atoms with Gasteiger partial charge in [0.2, 0.25) is 0 Å². The fourth-order valence-electron chi connectivity index (χ4n) is 2.52. The van der Waals surface area contributed by atoms with E-state index in [4.69, 9.17) is 13.9 Å². The van der Waals surface area contributed by atoms with Gasteiger partial charge in [0.15, 0.2) is 6.61 Å². The number of esters is 2. The molecule has 3 rings (SSSR count). The minimum Gasteiger partial charge on any atom is -0.482 e. The van der Waals surface area contributed by atoms with Crippen molar-refractivity contribution in [3.05, 3.63) is 70.1 Å². The quantitative estimate of drug-likeness (QED) is 0.388. The Kier molecular flexibility index (Phi) is 5.21. The van der Waals surface area contributed by atoms with Crippen molar-refractivity contribution in [3.8, 4) is 11.5 Å². The minimum absolute atomic E-state index is 0.0816. The lowest BCUT2D eigenvalue weighted by Gasteiger charge is -2.10. The first-order chi connectivity index (χ1) is 13.0.